The summed E-state index contributed by atoms with van der Waals surface area (Å²) >= 11 is 0. The van der Waals surface area contributed by atoms with Crippen molar-refractivity contribution in [1.82, 2.24) is 5.32 Å². The van der Waals surface area contributed by atoms with Gasteiger partial charge in [0.25, 0.3) is 5.91 Å². The van der Waals surface area contributed by atoms with E-state index in [0.29, 0.717) is 62.5 Å². The van der Waals surface area contributed by atoms with Gasteiger partial charge in [-0.15, -0.1) is 0 Å². The van der Waals surface area contributed by atoms with Crippen molar-refractivity contribution in [2.75, 3.05) is 6.54 Å². The molecule has 6 aromatic carbocycles. The van der Waals surface area contributed by atoms with Gasteiger partial charge in [-0.05, 0) is 89.4 Å². The zero-order valence-electron chi connectivity index (χ0n) is 26.8. The average Bonchev–Trinajstić information content (AvgIpc) is 3.05. The summed E-state index contributed by atoms with van der Waals surface area (Å²) in [6.07, 6.45) is 3.28. The number of benzene rings is 6. The molecule has 0 radical (unpaired) electrons. The van der Waals surface area contributed by atoms with Gasteiger partial charge in [-0.3, -0.25) is 9.59 Å². The number of aromatic carboxylic acids is 1. The molecule has 0 saturated heterocycles. The van der Waals surface area contributed by atoms with E-state index < -0.39 is 11.9 Å². The van der Waals surface area contributed by atoms with Crippen molar-refractivity contribution in [1.29, 1.82) is 0 Å². The number of amides is 1. The lowest BCUT2D eigenvalue weighted by Crippen LogP contribution is -2.26. The smallest absolute Gasteiger partial charge is 0.336 e. The molecule has 0 spiro atoms. The highest BCUT2D eigenvalue weighted by molar-refractivity contribution is 6.29. The van der Waals surface area contributed by atoms with Crippen molar-refractivity contribution in [2.45, 2.75) is 39.5 Å². The number of fused-ring (bicyclic) bond motifs is 2. The van der Waals surface area contributed by atoms with Gasteiger partial charge >= 0.3 is 11.9 Å². The van der Waals surface area contributed by atoms with Crippen LogP contribution in [0, 0.1) is 13.8 Å². The summed E-state index contributed by atoms with van der Waals surface area (Å²) < 4.78 is 0. The van der Waals surface area contributed by atoms with Crippen LogP contribution < -0.4 is 10.5 Å². The minimum absolute atomic E-state index is 0.00554. The zero-order valence-corrected chi connectivity index (χ0v) is 26.8. The van der Waals surface area contributed by atoms with E-state index >= 15 is 0 Å². The van der Waals surface area contributed by atoms with Crippen molar-refractivity contribution in [3.05, 3.63) is 135 Å². The van der Waals surface area contributed by atoms with Crippen LogP contribution >= 0.6 is 0 Å². The van der Waals surface area contributed by atoms with Gasteiger partial charge in [0.1, 0.15) is 0 Å². The predicted molar refractivity (Wildman–Crippen MR) is 189 cm³/mol. The molecule has 0 unspecified atom stereocenters. The van der Waals surface area contributed by atoms with Gasteiger partial charge in [-0.25, -0.2) is 9.59 Å². The number of carboxylic acids is 2. The number of carbonyl (C=O) groups is 4. The second-order valence-electron chi connectivity index (χ2n) is 12.3. The first-order valence-corrected chi connectivity index (χ1v) is 16.0. The highest BCUT2D eigenvalue weighted by atomic mass is 16.4. The number of rotatable bonds is 11. The minimum Gasteiger partial charge on any atom is -0.478 e. The van der Waals surface area contributed by atoms with Gasteiger partial charge < -0.3 is 15.5 Å². The van der Waals surface area contributed by atoms with E-state index in [9.17, 15) is 29.4 Å². The van der Waals surface area contributed by atoms with E-state index in [1.165, 1.54) is 6.07 Å². The molecule has 7 heteroatoms. The number of carbonyl (C=O) groups excluding carboxylic acids is 2. The summed E-state index contributed by atoms with van der Waals surface area (Å²) in [6, 6.07) is 27.9. The third kappa shape index (κ3) is 6.53. The van der Waals surface area contributed by atoms with Gasteiger partial charge in [-0.2, -0.15) is 0 Å². The number of carboxylic acid groups (broad SMARTS) is 2. The van der Waals surface area contributed by atoms with E-state index in [1.807, 2.05) is 50.2 Å². The van der Waals surface area contributed by atoms with Gasteiger partial charge in [0.2, 0.25) is 0 Å². The van der Waals surface area contributed by atoms with Crippen LogP contribution in [-0.2, 0) is 17.6 Å². The Labute approximate surface area is 277 Å². The van der Waals surface area contributed by atoms with Crippen LogP contribution in [0.3, 0.4) is 0 Å². The second kappa shape index (κ2) is 13.5. The van der Waals surface area contributed by atoms with Crippen LogP contribution in [-0.4, -0.2) is 40.4 Å². The standard InChI is InChI=1S/C41H35NO6/c1-24-6-3-8-26(20-24)10-5-11-36(43)30-15-14-29-31-16-17-33(41(47)48)39-32(40(46)42-19-18-27-9-4-7-25(2)21-27)13-12-28(38(31)39)22-34(29)35(30)23-37(44)45/h3-4,6-9,12-17,20-23H,5,10-11,18-19H2,1-2H3,(H,42,46)(H,44,45)(H,47,48)/b35-23+. The molecule has 6 aromatic rings. The first-order chi connectivity index (χ1) is 23.1. The highest BCUT2D eigenvalue weighted by Crippen LogP contribution is 2.37. The quantitative estimate of drug-likeness (QED) is 0.0784. The number of ketones is 1. The molecule has 0 aromatic heterocycles. The van der Waals surface area contributed by atoms with Crippen molar-refractivity contribution in [3.8, 4) is 0 Å². The van der Waals surface area contributed by atoms with E-state index in [1.54, 1.807) is 36.4 Å². The highest BCUT2D eigenvalue weighted by Gasteiger charge is 2.22. The second-order valence-corrected chi connectivity index (χ2v) is 12.3. The summed E-state index contributed by atoms with van der Waals surface area (Å²) in [5, 5.41) is 26.7. The fraction of sp³-hybridized carbons (Fsp3) is 0.171. The van der Waals surface area contributed by atoms with Crippen molar-refractivity contribution < 1.29 is 29.4 Å². The maximum absolute atomic E-state index is 13.5. The fourth-order valence-corrected chi connectivity index (χ4v) is 6.68. The summed E-state index contributed by atoms with van der Waals surface area (Å²) in [6.45, 7) is 4.41. The van der Waals surface area contributed by atoms with E-state index in [4.69, 9.17) is 0 Å². The van der Waals surface area contributed by atoms with Crippen LogP contribution in [0.4, 0.5) is 0 Å². The van der Waals surface area contributed by atoms with Crippen molar-refractivity contribution >= 4 is 62.0 Å². The first kappa shape index (κ1) is 32.1. The molecule has 0 aliphatic rings. The van der Waals surface area contributed by atoms with Crippen LogP contribution in [0.15, 0.2) is 91.0 Å². The molecule has 240 valence electrons. The number of aryl methyl sites for hydroxylation is 3. The lowest BCUT2D eigenvalue weighted by molar-refractivity contribution is -0.129. The Kier molecular flexibility index (Phi) is 9.04. The van der Waals surface area contributed by atoms with E-state index in [-0.39, 0.29) is 29.2 Å². The predicted octanol–water partition coefficient (Wildman–Crippen LogP) is 7.22. The first-order valence-electron chi connectivity index (χ1n) is 16.0. The third-order valence-electron chi connectivity index (χ3n) is 8.85. The van der Waals surface area contributed by atoms with Gasteiger partial charge in [0.15, 0.2) is 5.78 Å². The Morgan fingerprint density at radius 2 is 1.31 bits per heavy atom. The van der Waals surface area contributed by atoms with Gasteiger partial charge in [0.05, 0.1) is 5.56 Å². The molecular weight excluding hydrogens is 602 g/mol. The molecule has 0 aliphatic heterocycles. The fourth-order valence-electron chi connectivity index (χ4n) is 6.68. The molecule has 3 N–H and O–H groups in total. The average molecular weight is 638 g/mol. The lowest BCUT2D eigenvalue weighted by Gasteiger charge is -2.16. The number of aliphatic carboxylic acids is 1. The Morgan fingerprint density at radius 3 is 1.98 bits per heavy atom. The monoisotopic (exact) mass is 637 g/mol. The third-order valence-corrected chi connectivity index (χ3v) is 8.85. The normalized spacial score (nSPS) is 11.8. The van der Waals surface area contributed by atoms with Crippen LogP contribution in [0.1, 0.15) is 66.2 Å². The van der Waals surface area contributed by atoms with Gasteiger partial charge in [0, 0.05) is 40.8 Å². The maximum Gasteiger partial charge on any atom is 0.336 e. The Morgan fingerprint density at radius 1 is 0.667 bits per heavy atom. The zero-order chi connectivity index (χ0) is 33.9. The van der Waals surface area contributed by atoms with Crippen LogP contribution in [0.5, 0.6) is 0 Å². The topological polar surface area (TPSA) is 121 Å². The summed E-state index contributed by atoms with van der Waals surface area (Å²) in [5.74, 6) is -2.88. The molecule has 0 heterocycles. The van der Waals surface area contributed by atoms with Crippen molar-refractivity contribution in [2.24, 2.45) is 0 Å². The maximum atomic E-state index is 13.5. The summed E-state index contributed by atoms with van der Waals surface area (Å²) in [5.41, 5.74) is 5.07. The molecule has 7 nitrogen and oxygen atoms in total. The number of hydrogen-bond acceptors (Lipinski definition) is 4. The van der Waals surface area contributed by atoms with E-state index in [0.717, 1.165) is 34.8 Å². The molecule has 48 heavy (non-hydrogen) atoms. The number of nitrogens with one attached hydrogen (secondary N) is 1. The van der Waals surface area contributed by atoms with Crippen molar-refractivity contribution in [3.63, 3.8) is 0 Å². The summed E-state index contributed by atoms with van der Waals surface area (Å²) in [4.78, 5) is 51.5. The molecular formula is C41H35NO6. The molecule has 1 amide bonds. The molecule has 0 fully saturated rings. The van der Waals surface area contributed by atoms with Crippen LogP contribution in [0.2, 0.25) is 0 Å². The Hall–Kier alpha value is -5.82. The molecule has 0 atom stereocenters. The Balaban J connectivity index is 1.41. The molecule has 6 rings (SSSR count). The number of Topliss-reactive ketones (excluding diaryl/α,β-unsaturated/α-hetero) is 1. The molecule has 0 bridgehead atoms. The molecule has 0 aliphatic carbocycles. The largest absolute Gasteiger partial charge is 0.478 e. The van der Waals surface area contributed by atoms with Crippen LogP contribution in [0.25, 0.3) is 38.4 Å². The van der Waals surface area contributed by atoms with Gasteiger partial charge in [-0.1, -0.05) is 83.9 Å². The number of hydrogen-bond donors (Lipinski definition) is 3. The summed E-state index contributed by atoms with van der Waals surface area (Å²) in [7, 11) is 0. The van der Waals surface area contributed by atoms with E-state index in [2.05, 4.69) is 17.4 Å². The lowest BCUT2D eigenvalue weighted by atomic mass is 9.88. The minimum atomic E-state index is -1.18. The SMILES string of the molecule is Cc1cccc(CCCC(=O)c2ccc3c(cc4ccc(C(=O)NCCc5cccc(C)c5)c5c(C(=O)O)ccc3c45)/c2=C/C(=O)O)c1. The molecule has 0 saturated carbocycles. The Bertz CT molecular complexity index is 2320.